The van der Waals surface area contributed by atoms with Gasteiger partial charge in [0.15, 0.2) is 5.96 Å². The summed E-state index contributed by atoms with van der Waals surface area (Å²) in [6.45, 7) is 3.66. The molecule has 0 bridgehead atoms. The van der Waals surface area contributed by atoms with Crippen LogP contribution in [-0.2, 0) is 11.3 Å². The number of rotatable bonds is 8. The van der Waals surface area contributed by atoms with Gasteiger partial charge in [-0.2, -0.15) is 0 Å². The van der Waals surface area contributed by atoms with Crippen LogP contribution in [0.3, 0.4) is 0 Å². The average molecular weight is 461 g/mol. The molecular weight excluding hydrogens is 431 g/mol. The molecule has 0 fully saturated rings. The van der Waals surface area contributed by atoms with E-state index in [0.29, 0.717) is 5.56 Å². The molecule has 2 amide bonds. The van der Waals surface area contributed by atoms with E-state index in [1.165, 1.54) is 12.1 Å². The Hall–Kier alpha value is -4.00. The highest BCUT2D eigenvalue weighted by Gasteiger charge is 2.21. The van der Waals surface area contributed by atoms with Gasteiger partial charge in [0.05, 0.1) is 12.6 Å². The lowest BCUT2D eigenvalue weighted by atomic mass is 9.97. The molecule has 0 saturated heterocycles. The first-order valence-corrected chi connectivity index (χ1v) is 11.1. The number of nitrogens with one attached hydrogen (secondary N) is 2. The summed E-state index contributed by atoms with van der Waals surface area (Å²) in [5.74, 6) is -1.90. The summed E-state index contributed by atoms with van der Waals surface area (Å²) in [7, 11) is 0. The van der Waals surface area contributed by atoms with Crippen molar-refractivity contribution in [3.8, 4) is 0 Å². The van der Waals surface area contributed by atoms with Gasteiger partial charge in [0.2, 0.25) is 5.91 Å². The molecule has 34 heavy (non-hydrogen) atoms. The molecule has 0 radical (unpaired) electrons. The SMILES string of the molecule is C[C@H](NC(=O)c1cc(F)cc(CN(C(=N)N)C(=O)C[C@H](C)c2ccccc2)c1)c1ccccc1. The molecule has 176 valence electrons. The molecule has 0 unspecified atom stereocenters. The monoisotopic (exact) mass is 460 g/mol. The van der Waals surface area contributed by atoms with E-state index in [1.807, 2.05) is 74.5 Å². The molecule has 7 heteroatoms. The fourth-order valence-corrected chi connectivity index (χ4v) is 3.74. The van der Waals surface area contributed by atoms with Crippen LogP contribution < -0.4 is 11.1 Å². The van der Waals surface area contributed by atoms with Gasteiger partial charge in [-0.3, -0.25) is 19.9 Å². The van der Waals surface area contributed by atoms with E-state index < -0.39 is 17.7 Å². The third kappa shape index (κ3) is 6.51. The number of carbonyl (C=O) groups is 2. The highest BCUT2D eigenvalue weighted by atomic mass is 19.1. The van der Waals surface area contributed by atoms with Gasteiger partial charge < -0.3 is 11.1 Å². The van der Waals surface area contributed by atoms with Crippen molar-refractivity contribution in [3.05, 3.63) is 107 Å². The lowest BCUT2D eigenvalue weighted by molar-refractivity contribution is -0.128. The molecule has 3 rings (SSSR count). The van der Waals surface area contributed by atoms with Crippen LogP contribution in [-0.4, -0.2) is 22.7 Å². The van der Waals surface area contributed by atoms with Gasteiger partial charge in [-0.1, -0.05) is 67.6 Å². The minimum atomic E-state index is -0.608. The molecular formula is C27H29FN4O2. The summed E-state index contributed by atoms with van der Waals surface area (Å²) in [6.07, 6.45) is 0.140. The van der Waals surface area contributed by atoms with Gasteiger partial charge in [-0.15, -0.1) is 0 Å². The predicted octanol–water partition coefficient (Wildman–Crippen LogP) is 4.73. The molecule has 2 atom stereocenters. The molecule has 0 heterocycles. The van der Waals surface area contributed by atoms with Gasteiger partial charge in [0, 0.05) is 12.0 Å². The molecule has 0 aromatic heterocycles. The van der Waals surface area contributed by atoms with Crippen molar-refractivity contribution >= 4 is 17.8 Å². The van der Waals surface area contributed by atoms with E-state index in [0.717, 1.165) is 22.1 Å². The van der Waals surface area contributed by atoms with E-state index in [-0.39, 0.29) is 36.4 Å². The summed E-state index contributed by atoms with van der Waals surface area (Å²) < 4.78 is 14.4. The van der Waals surface area contributed by atoms with Crippen molar-refractivity contribution in [2.45, 2.75) is 38.8 Å². The molecule has 3 aromatic carbocycles. The smallest absolute Gasteiger partial charge is 0.251 e. The average Bonchev–Trinajstić information content (AvgIpc) is 2.83. The maximum Gasteiger partial charge on any atom is 0.251 e. The van der Waals surface area contributed by atoms with E-state index in [1.54, 1.807) is 0 Å². The van der Waals surface area contributed by atoms with E-state index in [4.69, 9.17) is 11.1 Å². The van der Waals surface area contributed by atoms with Crippen molar-refractivity contribution in [2.75, 3.05) is 0 Å². The number of hydrogen-bond acceptors (Lipinski definition) is 3. The van der Waals surface area contributed by atoms with Gasteiger partial charge in [-0.05, 0) is 47.7 Å². The zero-order valence-electron chi connectivity index (χ0n) is 19.3. The topological polar surface area (TPSA) is 99.3 Å². The Morgan fingerprint density at radius 2 is 1.56 bits per heavy atom. The van der Waals surface area contributed by atoms with Crippen molar-refractivity contribution in [1.29, 1.82) is 5.41 Å². The van der Waals surface area contributed by atoms with Crippen molar-refractivity contribution in [2.24, 2.45) is 5.73 Å². The number of amides is 2. The molecule has 0 saturated carbocycles. The van der Waals surface area contributed by atoms with Crippen LogP contribution in [0.1, 0.15) is 59.3 Å². The van der Waals surface area contributed by atoms with Gasteiger partial charge in [0.25, 0.3) is 5.91 Å². The Bertz CT molecular complexity index is 1150. The lowest BCUT2D eigenvalue weighted by Gasteiger charge is -2.23. The van der Waals surface area contributed by atoms with Crippen molar-refractivity contribution < 1.29 is 14.0 Å². The predicted molar refractivity (Wildman–Crippen MR) is 131 cm³/mol. The van der Waals surface area contributed by atoms with Crippen LogP contribution in [0.15, 0.2) is 78.9 Å². The zero-order valence-corrected chi connectivity index (χ0v) is 19.3. The minimum absolute atomic E-state index is 0.0797. The normalized spacial score (nSPS) is 12.4. The fraction of sp³-hybridized carbons (Fsp3) is 0.222. The Balaban J connectivity index is 1.73. The Kier molecular flexibility index (Phi) is 8.14. The maximum atomic E-state index is 14.4. The first kappa shape index (κ1) is 24.6. The third-order valence-corrected chi connectivity index (χ3v) is 5.65. The van der Waals surface area contributed by atoms with Crippen molar-refractivity contribution in [3.63, 3.8) is 0 Å². The van der Waals surface area contributed by atoms with Crippen LogP contribution in [0.5, 0.6) is 0 Å². The second kappa shape index (κ2) is 11.2. The van der Waals surface area contributed by atoms with E-state index in [2.05, 4.69) is 5.32 Å². The third-order valence-electron chi connectivity index (χ3n) is 5.65. The first-order valence-electron chi connectivity index (χ1n) is 11.1. The first-order chi connectivity index (χ1) is 16.2. The number of benzene rings is 3. The highest BCUT2D eigenvalue weighted by molar-refractivity contribution is 5.96. The van der Waals surface area contributed by atoms with Crippen LogP contribution >= 0.6 is 0 Å². The maximum absolute atomic E-state index is 14.4. The van der Waals surface area contributed by atoms with Crippen LogP contribution in [0.4, 0.5) is 4.39 Å². The largest absolute Gasteiger partial charge is 0.370 e. The van der Waals surface area contributed by atoms with E-state index >= 15 is 0 Å². The van der Waals surface area contributed by atoms with Crippen LogP contribution in [0.2, 0.25) is 0 Å². The zero-order chi connectivity index (χ0) is 24.7. The number of hydrogen-bond donors (Lipinski definition) is 3. The molecule has 0 aliphatic heterocycles. The van der Waals surface area contributed by atoms with Crippen LogP contribution in [0.25, 0.3) is 0 Å². The molecule has 6 nitrogen and oxygen atoms in total. The van der Waals surface area contributed by atoms with Crippen LogP contribution in [0, 0.1) is 11.2 Å². The number of halogens is 1. The summed E-state index contributed by atoms with van der Waals surface area (Å²) >= 11 is 0. The Morgan fingerprint density at radius 1 is 0.971 bits per heavy atom. The molecule has 0 aliphatic carbocycles. The second-order valence-corrected chi connectivity index (χ2v) is 8.33. The summed E-state index contributed by atoms with van der Waals surface area (Å²) in [5, 5.41) is 10.7. The summed E-state index contributed by atoms with van der Waals surface area (Å²) in [5.41, 5.74) is 8.10. The highest BCUT2D eigenvalue weighted by Crippen LogP contribution is 2.21. The Labute approximate surface area is 199 Å². The second-order valence-electron chi connectivity index (χ2n) is 8.33. The summed E-state index contributed by atoms with van der Waals surface area (Å²) in [4.78, 5) is 26.8. The lowest BCUT2D eigenvalue weighted by Crippen LogP contribution is -2.41. The number of guanidine groups is 1. The standard InChI is InChI=1S/C27H29FN4O2/c1-18(21-9-5-3-6-10-21)13-25(33)32(27(29)30)17-20-14-23(16-24(28)15-20)26(34)31-19(2)22-11-7-4-8-12-22/h3-12,14-16,18-19H,13,17H2,1-2H3,(H3,29,30)(H,31,34)/t18-,19-/m0/s1. The summed E-state index contributed by atoms with van der Waals surface area (Å²) in [6, 6.07) is 22.6. The van der Waals surface area contributed by atoms with Gasteiger partial charge in [-0.25, -0.2) is 4.39 Å². The molecule has 0 spiro atoms. The van der Waals surface area contributed by atoms with Gasteiger partial charge >= 0.3 is 0 Å². The van der Waals surface area contributed by atoms with Gasteiger partial charge in [0.1, 0.15) is 5.82 Å². The number of nitrogens with two attached hydrogens (primary N) is 1. The number of carbonyl (C=O) groups excluding carboxylic acids is 2. The minimum Gasteiger partial charge on any atom is -0.370 e. The fourth-order valence-electron chi connectivity index (χ4n) is 3.74. The molecule has 4 N–H and O–H groups in total. The van der Waals surface area contributed by atoms with Crippen molar-refractivity contribution in [1.82, 2.24) is 10.2 Å². The molecule has 0 aliphatic rings. The van der Waals surface area contributed by atoms with E-state index in [9.17, 15) is 14.0 Å². The quantitative estimate of drug-likeness (QED) is 0.335. The number of nitrogens with zero attached hydrogens (tertiary/aromatic N) is 1. The Morgan fingerprint density at radius 3 is 2.15 bits per heavy atom. The molecule has 3 aromatic rings.